The number of nitrogens with two attached hydrogens (primary N) is 1. The van der Waals surface area contributed by atoms with Crippen molar-refractivity contribution in [3.05, 3.63) is 71.3 Å². The molecule has 1 heterocycles. The fraction of sp³-hybridized carbons (Fsp3) is 0.235. The third-order valence-corrected chi connectivity index (χ3v) is 4.02. The first-order valence-electron chi connectivity index (χ1n) is 7.13. The van der Waals surface area contributed by atoms with Crippen LogP contribution >= 0.6 is 0 Å². The average molecular weight is 281 g/mol. The predicted molar refractivity (Wildman–Crippen MR) is 82.0 cm³/mol. The van der Waals surface area contributed by atoms with Crippen LogP contribution in [0.5, 0.6) is 0 Å². The van der Waals surface area contributed by atoms with E-state index in [1.165, 1.54) is 16.7 Å². The zero-order chi connectivity index (χ0) is 14.7. The summed E-state index contributed by atoms with van der Waals surface area (Å²) in [6, 6.07) is 18.3. The summed E-state index contributed by atoms with van der Waals surface area (Å²) in [4.78, 5) is 14.3. The zero-order valence-electron chi connectivity index (χ0n) is 11.8. The molecule has 108 valence electrons. The maximum atomic E-state index is 12.1. The quantitative estimate of drug-likeness (QED) is 0.510. The Labute approximate surface area is 124 Å². The maximum Gasteiger partial charge on any atom is 0.251 e. The maximum absolute atomic E-state index is 12.1. The van der Waals surface area contributed by atoms with Crippen molar-refractivity contribution in [3.63, 3.8) is 0 Å². The van der Waals surface area contributed by atoms with Crippen LogP contribution in [0.4, 0.5) is 0 Å². The van der Waals surface area contributed by atoms with Gasteiger partial charge in [-0.05, 0) is 23.1 Å². The highest BCUT2D eigenvalue weighted by molar-refractivity contribution is 5.81. The van der Waals surface area contributed by atoms with E-state index in [0.717, 1.165) is 13.1 Å². The summed E-state index contributed by atoms with van der Waals surface area (Å²) in [5.74, 6) is 5.23. The number of hydrazine groups is 1. The molecular formula is C17H19N3O. The number of amides is 1. The van der Waals surface area contributed by atoms with Crippen molar-refractivity contribution in [1.82, 2.24) is 10.3 Å². The van der Waals surface area contributed by atoms with Gasteiger partial charge in [0.25, 0.3) is 5.91 Å². The predicted octanol–water partition coefficient (Wildman–Crippen LogP) is 1.60. The molecule has 3 N–H and O–H groups in total. The molecule has 4 nitrogen and oxygen atoms in total. The Balaban J connectivity index is 1.87. The second-order valence-corrected chi connectivity index (χ2v) is 5.39. The molecule has 3 rings (SSSR count). The lowest BCUT2D eigenvalue weighted by Gasteiger charge is -2.35. The van der Waals surface area contributed by atoms with Crippen LogP contribution in [0.3, 0.4) is 0 Å². The molecule has 0 aliphatic carbocycles. The van der Waals surface area contributed by atoms with Crippen LogP contribution < -0.4 is 11.3 Å². The smallest absolute Gasteiger partial charge is 0.251 e. The van der Waals surface area contributed by atoms with Crippen molar-refractivity contribution in [2.45, 2.75) is 25.6 Å². The normalized spacial score (nSPS) is 18.0. The molecule has 0 aromatic heterocycles. The lowest BCUT2D eigenvalue weighted by atomic mass is 9.93. The molecule has 0 saturated heterocycles. The van der Waals surface area contributed by atoms with Gasteiger partial charge in [0.2, 0.25) is 0 Å². The van der Waals surface area contributed by atoms with E-state index >= 15 is 0 Å². The summed E-state index contributed by atoms with van der Waals surface area (Å²) in [6.45, 7) is 1.51. The molecule has 2 aromatic carbocycles. The van der Waals surface area contributed by atoms with E-state index < -0.39 is 0 Å². The van der Waals surface area contributed by atoms with E-state index in [-0.39, 0.29) is 11.9 Å². The van der Waals surface area contributed by atoms with Gasteiger partial charge in [-0.2, -0.15) is 0 Å². The average Bonchev–Trinajstić information content (AvgIpc) is 2.54. The number of rotatable bonds is 3. The minimum atomic E-state index is -0.217. The molecule has 0 saturated carbocycles. The van der Waals surface area contributed by atoms with Crippen LogP contribution in [-0.4, -0.2) is 16.8 Å². The molecule has 0 unspecified atom stereocenters. The third kappa shape index (κ3) is 2.96. The van der Waals surface area contributed by atoms with Gasteiger partial charge in [0.05, 0.1) is 6.04 Å². The van der Waals surface area contributed by atoms with Crippen molar-refractivity contribution in [1.29, 1.82) is 0 Å². The number of fused-ring (bicyclic) bond motifs is 1. The fourth-order valence-corrected chi connectivity index (χ4v) is 2.92. The van der Waals surface area contributed by atoms with Gasteiger partial charge < -0.3 is 0 Å². The minimum absolute atomic E-state index is 0.125. The molecule has 2 aromatic rings. The summed E-state index contributed by atoms with van der Waals surface area (Å²) in [6.07, 6.45) is 0.700. The molecule has 0 radical (unpaired) electrons. The number of carbonyl (C=O) groups excluding carboxylic acids is 1. The summed E-state index contributed by atoms with van der Waals surface area (Å²) in [7, 11) is 0. The van der Waals surface area contributed by atoms with E-state index in [4.69, 9.17) is 5.84 Å². The van der Waals surface area contributed by atoms with Gasteiger partial charge in [-0.1, -0.05) is 54.6 Å². The number of hydrogen-bond acceptors (Lipinski definition) is 3. The monoisotopic (exact) mass is 281 g/mol. The van der Waals surface area contributed by atoms with Gasteiger partial charge in [0.15, 0.2) is 0 Å². The van der Waals surface area contributed by atoms with Crippen molar-refractivity contribution in [3.8, 4) is 0 Å². The second kappa shape index (κ2) is 6.08. The van der Waals surface area contributed by atoms with E-state index in [2.05, 4.69) is 34.6 Å². The van der Waals surface area contributed by atoms with E-state index in [0.29, 0.717) is 6.42 Å². The molecule has 0 bridgehead atoms. The Bertz CT molecular complexity index is 627. The van der Waals surface area contributed by atoms with Crippen LogP contribution in [0.2, 0.25) is 0 Å². The van der Waals surface area contributed by atoms with E-state index in [1.54, 1.807) is 0 Å². The highest BCUT2D eigenvalue weighted by atomic mass is 16.2. The molecule has 1 aliphatic heterocycles. The summed E-state index contributed by atoms with van der Waals surface area (Å²) in [5.41, 5.74) is 6.02. The van der Waals surface area contributed by atoms with Gasteiger partial charge in [-0.25, -0.2) is 5.84 Å². The van der Waals surface area contributed by atoms with Crippen molar-refractivity contribution < 1.29 is 4.79 Å². The number of hydrogen-bond donors (Lipinski definition) is 2. The van der Waals surface area contributed by atoms with Crippen LogP contribution in [-0.2, 0) is 24.3 Å². The van der Waals surface area contributed by atoms with Gasteiger partial charge in [-0.3, -0.25) is 15.1 Å². The van der Waals surface area contributed by atoms with Crippen LogP contribution in [0.25, 0.3) is 0 Å². The zero-order valence-corrected chi connectivity index (χ0v) is 11.8. The van der Waals surface area contributed by atoms with Crippen LogP contribution in [0.15, 0.2) is 54.6 Å². The lowest BCUT2D eigenvalue weighted by Crippen LogP contribution is -2.51. The fourth-order valence-electron chi connectivity index (χ4n) is 2.92. The minimum Gasteiger partial charge on any atom is -0.293 e. The lowest BCUT2D eigenvalue weighted by molar-refractivity contribution is -0.127. The molecule has 4 heteroatoms. The third-order valence-electron chi connectivity index (χ3n) is 4.02. The van der Waals surface area contributed by atoms with E-state index in [9.17, 15) is 4.79 Å². The molecule has 0 fully saturated rings. The Morgan fingerprint density at radius 2 is 1.76 bits per heavy atom. The Morgan fingerprint density at radius 1 is 1.10 bits per heavy atom. The second-order valence-electron chi connectivity index (χ2n) is 5.39. The first-order chi connectivity index (χ1) is 10.3. The van der Waals surface area contributed by atoms with Gasteiger partial charge in [-0.15, -0.1) is 0 Å². The molecule has 0 spiro atoms. The molecule has 1 aliphatic rings. The Kier molecular flexibility index (Phi) is 3.99. The van der Waals surface area contributed by atoms with Gasteiger partial charge in [0, 0.05) is 13.1 Å². The molecule has 1 amide bonds. The van der Waals surface area contributed by atoms with Crippen LogP contribution in [0.1, 0.15) is 16.7 Å². The van der Waals surface area contributed by atoms with Gasteiger partial charge >= 0.3 is 0 Å². The van der Waals surface area contributed by atoms with Gasteiger partial charge in [0.1, 0.15) is 0 Å². The highest BCUT2D eigenvalue weighted by Gasteiger charge is 2.30. The number of nitrogens with one attached hydrogen (secondary N) is 1. The molecular weight excluding hydrogens is 262 g/mol. The largest absolute Gasteiger partial charge is 0.293 e. The number of carbonyl (C=O) groups is 1. The molecule has 1 atom stereocenters. The SMILES string of the molecule is NNC(=O)[C@H]1Cc2ccccc2CN1Cc1ccccc1. The topological polar surface area (TPSA) is 58.4 Å². The summed E-state index contributed by atoms with van der Waals surface area (Å²) >= 11 is 0. The number of benzene rings is 2. The van der Waals surface area contributed by atoms with Crippen molar-refractivity contribution in [2.75, 3.05) is 0 Å². The van der Waals surface area contributed by atoms with Crippen molar-refractivity contribution in [2.24, 2.45) is 5.84 Å². The Morgan fingerprint density at radius 3 is 2.48 bits per heavy atom. The molecule has 21 heavy (non-hydrogen) atoms. The van der Waals surface area contributed by atoms with E-state index in [1.807, 2.05) is 30.3 Å². The highest BCUT2D eigenvalue weighted by Crippen LogP contribution is 2.25. The summed E-state index contributed by atoms with van der Waals surface area (Å²) in [5, 5.41) is 0. The standard InChI is InChI=1S/C17H19N3O/c18-19-17(21)16-10-14-8-4-5-9-15(14)12-20(16)11-13-6-2-1-3-7-13/h1-9,16H,10-12,18H2,(H,19,21)/t16-/m1/s1. The first kappa shape index (κ1) is 13.8. The Hall–Kier alpha value is -2.17. The van der Waals surface area contributed by atoms with Crippen LogP contribution in [0, 0.1) is 0 Å². The number of nitrogens with zero attached hydrogens (tertiary/aromatic N) is 1. The van der Waals surface area contributed by atoms with Crippen molar-refractivity contribution >= 4 is 5.91 Å². The summed E-state index contributed by atoms with van der Waals surface area (Å²) < 4.78 is 0. The first-order valence-corrected chi connectivity index (χ1v) is 7.13.